The molecule has 0 atom stereocenters. The van der Waals surface area contributed by atoms with E-state index in [1.807, 2.05) is 39.0 Å². The van der Waals surface area contributed by atoms with Gasteiger partial charge in [0.15, 0.2) is 5.58 Å². The molecule has 1 N–H and O–H groups in total. The number of phenolic OH excluding ortho intramolecular Hbond substituents is 1. The Morgan fingerprint density at radius 1 is 1.14 bits per heavy atom. The lowest BCUT2D eigenvalue weighted by Gasteiger charge is -2.29. The molecule has 0 bridgehead atoms. The zero-order chi connectivity index (χ0) is 20.6. The van der Waals surface area contributed by atoms with Crippen molar-refractivity contribution < 1.29 is 19.1 Å². The number of carbonyl (C=O) groups excluding carboxylic acids is 1. The number of phenols is 1. The summed E-state index contributed by atoms with van der Waals surface area (Å²) in [5.74, 6) is 0.725. The normalized spacial score (nSPS) is 14.7. The van der Waals surface area contributed by atoms with E-state index in [-0.39, 0.29) is 11.8 Å². The Balaban J connectivity index is 1.53. The zero-order valence-electron chi connectivity index (χ0n) is 16.8. The van der Waals surface area contributed by atoms with Gasteiger partial charge in [-0.2, -0.15) is 0 Å². The standard InChI is InChI=1S/C23H24N2O4/c1-23(2,3)29-22(27)25-12-10-15(11-13-25)17-6-9-20-19(14-17)24-21(28-20)16-4-7-18(26)8-5-16/h4-10,14,26H,11-13H2,1-3H3. The van der Waals surface area contributed by atoms with E-state index in [1.54, 1.807) is 29.2 Å². The van der Waals surface area contributed by atoms with E-state index in [9.17, 15) is 9.90 Å². The smallest absolute Gasteiger partial charge is 0.410 e. The first-order chi connectivity index (χ1) is 13.8. The predicted molar refractivity (Wildman–Crippen MR) is 112 cm³/mol. The van der Waals surface area contributed by atoms with Gasteiger partial charge in [0.1, 0.15) is 16.9 Å². The lowest BCUT2D eigenvalue weighted by molar-refractivity contribution is 0.0270. The van der Waals surface area contributed by atoms with Crippen molar-refractivity contribution >= 4 is 22.8 Å². The minimum atomic E-state index is -0.492. The number of fused-ring (bicyclic) bond motifs is 1. The molecule has 0 saturated heterocycles. The van der Waals surface area contributed by atoms with E-state index in [2.05, 4.69) is 11.1 Å². The first-order valence-electron chi connectivity index (χ1n) is 9.66. The van der Waals surface area contributed by atoms with Crippen molar-refractivity contribution in [3.8, 4) is 17.2 Å². The molecule has 0 unspecified atom stereocenters. The second kappa shape index (κ2) is 7.28. The Kier molecular flexibility index (Phi) is 4.78. The molecule has 3 aromatic rings. The molecule has 4 rings (SSSR count). The molecule has 0 radical (unpaired) electrons. The summed E-state index contributed by atoms with van der Waals surface area (Å²) in [7, 11) is 0. The molecular weight excluding hydrogens is 368 g/mol. The number of aromatic nitrogens is 1. The molecule has 0 spiro atoms. The first kappa shape index (κ1) is 19.1. The van der Waals surface area contributed by atoms with Crippen molar-refractivity contribution in [1.29, 1.82) is 0 Å². The minimum Gasteiger partial charge on any atom is -0.508 e. The number of rotatable bonds is 2. The van der Waals surface area contributed by atoms with Crippen molar-refractivity contribution in [3.05, 3.63) is 54.1 Å². The van der Waals surface area contributed by atoms with Crippen LogP contribution in [-0.2, 0) is 4.74 Å². The quantitative estimate of drug-likeness (QED) is 0.647. The number of ether oxygens (including phenoxy) is 1. The van der Waals surface area contributed by atoms with Gasteiger partial charge in [0.05, 0.1) is 0 Å². The van der Waals surface area contributed by atoms with Crippen LogP contribution < -0.4 is 0 Å². The van der Waals surface area contributed by atoms with E-state index in [0.29, 0.717) is 24.6 Å². The molecule has 0 aliphatic carbocycles. The molecule has 1 amide bonds. The minimum absolute atomic E-state index is 0.205. The number of carbonyl (C=O) groups is 1. The molecule has 1 aromatic heterocycles. The van der Waals surface area contributed by atoms with Gasteiger partial charge >= 0.3 is 6.09 Å². The third-order valence-corrected chi connectivity index (χ3v) is 4.73. The van der Waals surface area contributed by atoms with Crippen molar-refractivity contribution in [2.45, 2.75) is 32.8 Å². The van der Waals surface area contributed by atoms with E-state index in [0.717, 1.165) is 23.1 Å². The highest BCUT2D eigenvalue weighted by molar-refractivity contribution is 5.82. The summed E-state index contributed by atoms with van der Waals surface area (Å²) in [6, 6.07) is 12.7. The maximum absolute atomic E-state index is 12.2. The van der Waals surface area contributed by atoms with Crippen LogP contribution in [0, 0.1) is 0 Å². The first-order valence-corrected chi connectivity index (χ1v) is 9.66. The number of nitrogens with zero attached hydrogens (tertiary/aromatic N) is 2. The van der Waals surface area contributed by atoms with Crippen LogP contribution in [0.5, 0.6) is 5.75 Å². The van der Waals surface area contributed by atoms with E-state index >= 15 is 0 Å². The molecule has 1 aliphatic rings. The number of oxazole rings is 1. The second-order valence-corrected chi connectivity index (χ2v) is 8.15. The maximum Gasteiger partial charge on any atom is 0.410 e. The summed E-state index contributed by atoms with van der Waals surface area (Å²) < 4.78 is 11.3. The Morgan fingerprint density at radius 2 is 1.86 bits per heavy atom. The Labute approximate surface area is 169 Å². The van der Waals surface area contributed by atoms with Gasteiger partial charge < -0.3 is 19.2 Å². The number of hydrogen-bond donors (Lipinski definition) is 1. The lowest BCUT2D eigenvalue weighted by Crippen LogP contribution is -2.39. The van der Waals surface area contributed by atoms with Gasteiger partial charge in [0.25, 0.3) is 0 Å². The van der Waals surface area contributed by atoms with Crippen LogP contribution in [0.3, 0.4) is 0 Å². The molecule has 29 heavy (non-hydrogen) atoms. The average Bonchev–Trinajstić information content (AvgIpc) is 3.10. The van der Waals surface area contributed by atoms with Crippen LogP contribution in [0.1, 0.15) is 32.8 Å². The van der Waals surface area contributed by atoms with E-state index < -0.39 is 5.60 Å². The summed E-state index contributed by atoms with van der Waals surface area (Å²) in [4.78, 5) is 18.5. The largest absolute Gasteiger partial charge is 0.508 e. The summed E-state index contributed by atoms with van der Waals surface area (Å²) in [5, 5.41) is 9.44. The number of amides is 1. The fourth-order valence-corrected chi connectivity index (χ4v) is 3.28. The highest BCUT2D eigenvalue weighted by Crippen LogP contribution is 2.30. The molecule has 1 aliphatic heterocycles. The van der Waals surface area contributed by atoms with E-state index in [4.69, 9.17) is 9.15 Å². The second-order valence-electron chi connectivity index (χ2n) is 8.15. The fourth-order valence-electron chi connectivity index (χ4n) is 3.28. The Hall–Kier alpha value is -3.28. The summed E-state index contributed by atoms with van der Waals surface area (Å²) in [6.07, 6.45) is 2.54. The van der Waals surface area contributed by atoms with Crippen molar-refractivity contribution in [1.82, 2.24) is 9.88 Å². The molecular formula is C23H24N2O4. The highest BCUT2D eigenvalue weighted by atomic mass is 16.6. The van der Waals surface area contributed by atoms with Crippen LogP contribution >= 0.6 is 0 Å². The topological polar surface area (TPSA) is 75.8 Å². The van der Waals surface area contributed by atoms with Crippen molar-refractivity contribution in [2.75, 3.05) is 13.1 Å². The highest BCUT2D eigenvalue weighted by Gasteiger charge is 2.24. The molecule has 2 aromatic carbocycles. The Morgan fingerprint density at radius 3 is 2.52 bits per heavy atom. The predicted octanol–water partition coefficient (Wildman–Crippen LogP) is 5.22. The molecule has 6 heteroatoms. The molecule has 6 nitrogen and oxygen atoms in total. The summed E-state index contributed by atoms with van der Waals surface area (Å²) in [6.45, 7) is 6.76. The summed E-state index contributed by atoms with van der Waals surface area (Å²) in [5.41, 5.74) is 4.07. The number of aromatic hydroxyl groups is 1. The van der Waals surface area contributed by atoms with Gasteiger partial charge in [-0.1, -0.05) is 12.1 Å². The van der Waals surface area contributed by atoms with Gasteiger partial charge in [0.2, 0.25) is 5.89 Å². The molecule has 0 saturated carbocycles. The fraction of sp³-hybridized carbons (Fsp3) is 0.304. The van der Waals surface area contributed by atoms with Gasteiger partial charge in [-0.25, -0.2) is 9.78 Å². The van der Waals surface area contributed by atoms with Gasteiger partial charge in [-0.3, -0.25) is 0 Å². The maximum atomic E-state index is 12.2. The van der Waals surface area contributed by atoms with Gasteiger partial charge in [-0.05, 0) is 74.7 Å². The molecule has 0 fully saturated rings. The third-order valence-electron chi connectivity index (χ3n) is 4.73. The molecule has 150 valence electrons. The Bertz CT molecular complexity index is 1070. The lowest BCUT2D eigenvalue weighted by atomic mass is 9.99. The van der Waals surface area contributed by atoms with Gasteiger partial charge in [-0.15, -0.1) is 0 Å². The number of hydrogen-bond acceptors (Lipinski definition) is 5. The SMILES string of the molecule is CC(C)(C)OC(=O)N1CC=C(c2ccc3oc(-c4ccc(O)cc4)nc3c2)CC1. The van der Waals surface area contributed by atoms with Crippen molar-refractivity contribution in [2.24, 2.45) is 0 Å². The zero-order valence-corrected chi connectivity index (χ0v) is 16.8. The van der Waals surface area contributed by atoms with Crippen LogP contribution in [0.4, 0.5) is 4.79 Å². The van der Waals surface area contributed by atoms with Crippen LogP contribution in [0.2, 0.25) is 0 Å². The van der Waals surface area contributed by atoms with Crippen LogP contribution in [-0.4, -0.2) is 39.8 Å². The van der Waals surface area contributed by atoms with Gasteiger partial charge in [0, 0.05) is 18.7 Å². The molecule has 2 heterocycles. The number of benzene rings is 2. The van der Waals surface area contributed by atoms with Crippen molar-refractivity contribution in [3.63, 3.8) is 0 Å². The third kappa shape index (κ3) is 4.26. The monoisotopic (exact) mass is 392 g/mol. The summed E-state index contributed by atoms with van der Waals surface area (Å²) >= 11 is 0. The van der Waals surface area contributed by atoms with E-state index in [1.165, 1.54) is 5.57 Å². The van der Waals surface area contributed by atoms with Crippen LogP contribution in [0.15, 0.2) is 53.0 Å². The average molecular weight is 392 g/mol. The van der Waals surface area contributed by atoms with Crippen LogP contribution in [0.25, 0.3) is 28.1 Å².